The van der Waals surface area contributed by atoms with Crippen LogP contribution in [0.15, 0.2) is 98.2 Å². The van der Waals surface area contributed by atoms with Crippen LogP contribution in [0.1, 0.15) is 10.4 Å². The van der Waals surface area contributed by atoms with Gasteiger partial charge in [0.05, 0.1) is 0 Å². The van der Waals surface area contributed by atoms with E-state index in [1.54, 1.807) is 17.8 Å². The molecule has 148 valence electrons. The van der Waals surface area contributed by atoms with Crippen molar-refractivity contribution in [3.8, 4) is 0 Å². The summed E-state index contributed by atoms with van der Waals surface area (Å²) in [6.07, 6.45) is 0.891. The Morgan fingerprint density at radius 2 is 1.59 bits per heavy atom. The summed E-state index contributed by atoms with van der Waals surface area (Å²) < 4.78 is 25.8. The van der Waals surface area contributed by atoms with Crippen LogP contribution in [0.2, 0.25) is 0 Å². The van der Waals surface area contributed by atoms with Gasteiger partial charge in [-0.05, 0) is 36.0 Å². The number of rotatable bonds is 5. The maximum atomic E-state index is 11.6. The summed E-state index contributed by atoms with van der Waals surface area (Å²) in [6.45, 7) is 0. The molecule has 0 aliphatic rings. The number of aldehydes is 1. The van der Waals surface area contributed by atoms with Gasteiger partial charge in [-0.2, -0.15) is 0 Å². The van der Waals surface area contributed by atoms with Crippen molar-refractivity contribution in [3.05, 3.63) is 89.8 Å². The molecule has 1 aromatic heterocycles. The fourth-order valence-electron chi connectivity index (χ4n) is 2.57. The number of hydrogen-bond acceptors (Lipinski definition) is 5. The average molecular weight is 442 g/mol. The standard InChI is InChI=1S/C11H11NO2S3.C11H8O/c1-12-17(13,14)11-7-10(8-15-11)16-9-5-3-2-4-6-9;12-8-10-6-3-5-9-4-1-2-7-11(9)10/h2-8,12H,1H3;1-8H. The van der Waals surface area contributed by atoms with Gasteiger partial charge in [0.15, 0.2) is 6.29 Å². The quantitative estimate of drug-likeness (QED) is 0.418. The molecule has 0 radical (unpaired) electrons. The van der Waals surface area contributed by atoms with E-state index in [0.29, 0.717) is 4.21 Å². The van der Waals surface area contributed by atoms with Crippen LogP contribution in [-0.4, -0.2) is 21.8 Å². The lowest BCUT2D eigenvalue weighted by Gasteiger charge is -1.98. The molecule has 0 fully saturated rings. The van der Waals surface area contributed by atoms with E-state index in [9.17, 15) is 13.2 Å². The average Bonchev–Trinajstić information content (AvgIpc) is 3.24. The molecule has 29 heavy (non-hydrogen) atoms. The minimum Gasteiger partial charge on any atom is -0.298 e. The Morgan fingerprint density at radius 1 is 0.897 bits per heavy atom. The molecule has 0 saturated carbocycles. The summed E-state index contributed by atoms with van der Waals surface area (Å²) in [5.41, 5.74) is 0.758. The number of thiophene rings is 1. The van der Waals surface area contributed by atoms with Crippen LogP contribution in [-0.2, 0) is 10.0 Å². The predicted octanol–water partition coefficient (Wildman–Crippen LogP) is 5.46. The van der Waals surface area contributed by atoms with Gasteiger partial charge in [-0.1, -0.05) is 72.4 Å². The van der Waals surface area contributed by atoms with Gasteiger partial charge in [0.1, 0.15) is 4.21 Å². The topological polar surface area (TPSA) is 63.2 Å². The number of carbonyl (C=O) groups is 1. The number of benzene rings is 3. The predicted molar refractivity (Wildman–Crippen MR) is 120 cm³/mol. The van der Waals surface area contributed by atoms with Crippen LogP contribution in [0, 0.1) is 0 Å². The highest BCUT2D eigenvalue weighted by Gasteiger charge is 2.14. The maximum absolute atomic E-state index is 11.6. The summed E-state index contributed by atoms with van der Waals surface area (Å²) in [4.78, 5) is 12.7. The first-order valence-corrected chi connectivity index (χ1v) is 11.9. The first kappa shape index (κ1) is 21.3. The molecule has 7 heteroatoms. The highest BCUT2D eigenvalue weighted by molar-refractivity contribution is 7.99. The third kappa shape index (κ3) is 5.55. The van der Waals surface area contributed by atoms with Gasteiger partial charge < -0.3 is 0 Å². The molecule has 4 rings (SSSR count). The largest absolute Gasteiger partial charge is 0.298 e. The van der Waals surface area contributed by atoms with Gasteiger partial charge in [-0.15, -0.1) is 11.3 Å². The minimum atomic E-state index is -3.31. The Hall–Kier alpha value is -2.45. The minimum absolute atomic E-state index is 0.346. The first-order valence-electron chi connectivity index (χ1n) is 8.71. The number of fused-ring (bicyclic) bond motifs is 1. The Balaban J connectivity index is 0.000000176. The van der Waals surface area contributed by atoms with Gasteiger partial charge >= 0.3 is 0 Å². The van der Waals surface area contributed by atoms with E-state index in [0.717, 1.165) is 32.4 Å². The van der Waals surface area contributed by atoms with Crippen molar-refractivity contribution in [3.63, 3.8) is 0 Å². The smallest absolute Gasteiger partial charge is 0.249 e. The van der Waals surface area contributed by atoms with Crippen molar-refractivity contribution in [1.82, 2.24) is 4.72 Å². The molecule has 0 aliphatic heterocycles. The molecule has 1 N–H and O–H groups in total. The number of hydrogen-bond donors (Lipinski definition) is 1. The van der Waals surface area contributed by atoms with Gasteiger partial charge in [-0.25, -0.2) is 13.1 Å². The summed E-state index contributed by atoms with van der Waals surface area (Å²) in [5, 5.41) is 3.99. The Bertz CT molecular complexity index is 1200. The number of sulfonamides is 1. The van der Waals surface area contributed by atoms with Crippen LogP contribution < -0.4 is 4.72 Å². The second-order valence-electron chi connectivity index (χ2n) is 5.91. The first-order chi connectivity index (χ1) is 14.0. The van der Waals surface area contributed by atoms with Crippen LogP contribution in [0.25, 0.3) is 10.8 Å². The van der Waals surface area contributed by atoms with Crippen LogP contribution in [0.3, 0.4) is 0 Å². The van der Waals surface area contributed by atoms with Gasteiger partial charge in [0, 0.05) is 20.7 Å². The van der Waals surface area contributed by atoms with Crippen molar-refractivity contribution >= 4 is 50.2 Å². The van der Waals surface area contributed by atoms with Crippen molar-refractivity contribution in [2.45, 2.75) is 14.0 Å². The van der Waals surface area contributed by atoms with E-state index in [2.05, 4.69) is 4.72 Å². The van der Waals surface area contributed by atoms with E-state index in [4.69, 9.17) is 0 Å². The zero-order valence-electron chi connectivity index (χ0n) is 15.6. The fourth-order valence-corrected chi connectivity index (χ4v) is 5.68. The van der Waals surface area contributed by atoms with E-state index in [1.807, 2.05) is 78.2 Å². The fraction of sp³-hybridized carbons (Fsp3) is 0.0455. The Kier molecular flexibility index (Phi) is 7.22. The van der Waals surface area contributed by atoms with Gasteiger partial charge in [0.2, 0.25) is 10.0 Å². The third-order valence-electron chi connectivity index (χ3n) is 4.01. The molecule has 0 amide bonds. The Labute approximate surface area is 178 Å². The monoisotopic (exact) mass is 441 g/mol. The van der Waals surface area contributed by atoms with Crippen molar-refractivity contribution in [2.75, 3.05) is 7.05 Å². The molecule has 0 spiro atoms. The summed E-state index contributed by atoms with van der Waals surface area (Å²) in [6, 6.07) is 25.1. The van der Waals surface area contributed by atoms with Crippen LogP contribution >= 0.6 is 23.1 Å². The molecule has 4 aromatic rings. The summed E-state index contributed by atoms with van der Waals surface area (Å²) in [5.74, 6) is 0. The lowest BCUT2D eigenvalue weighted by atomic mass is 10.1. The highest BCUT2D eigenvalue weighted by atomic mass is 32.2. The molecule has 0 unspecified atom stereocenters. The van der Waals surface area contributed by atoms with Crippen LogP contribution in [0.5, 0.6) is 0 Å². The van der Waals surface area contributed by atoms with Gasteiger partial charge in [-0.3, -0.25) is 4.79 Å². The molecular weight excluding hydrogens is 422 g/mol. The van der Waals surface area contributed by atoms with Gasteiger partial charge in [0.25, 0.3) is 0 Å². The van der Waals surface area contributed by atoms with Crippen molar-refractivity contribution in [2.24, 2.45) is 0 Å². The van der Waals surface area contributed by atoms with Crippen LogP contribution in [0.4, 0.5) is 0 Å². The van der Waals surface area contributed by atoms with E-state index in [-0.39, 0.29) is 0 Å². The summed E-state index contributed by atoms with van der Waals surface area (Å²) in [7, 11) is -1.90. The second-order valence-corrected chi connectivity index (χ2v) is 10.1. The van der Waals surface area contributed by atoms with Crippen molar-refractivity contribution < 1.29 is 13.2 Å². The maximum Gasteiger partial charge on any atom is 0.249 e. The van der Waals surface area contributed by atoms with E-state index >= 15 is 0 Å². The van der Waals surface area contributed by atoms with E-state index < -0.39 is 10.0 Å². The molecular formula is C22H19NO3S3. The molecule has 0 atom stereocenters. The van der Waals surface area contributed by atoms with E-state index in [1.165, 1.54) is 18.4 Å². The number of carbonyl (C=O) groups excluding carboxylic acids is 1. The lowest BCUT2D eigenvalue weighted by molar-refractivity contribution is 0.112. The Morgan fingerprint density at radius 3 is 2.31 bits per heavy atom. The SMILES string of the molecule is CNS(=O)(=O)c1cc(Sc2ccccc2)cs1.O=Cc1cccc2ccccc12. The molecule has 4 nitrogen and oxygen atoms in total. The molecule has 0 aliphatic carbocycles. The number of nitrogens with one attached hydrogen (secondary N) is 1. The normalized spacial score (nSPS) is 10.9. The highest BCUT2D eigenvalue weighted by Crippen LogP contribution is 2.32. The molecule has 0 saturated heterocycles. The molecule has 0 bridgehead atoms. The third-order valence-corrected chi connectivity index (χ3v) is 8.00. The molecule has 3 aromatic carbocycles. The second kappa shape index (κ2) is 9.84. The molecule has 1 heterocycles. The van der Waals surface area contributed by atoms with Crippen molar-refractivity contribution in [1.29, 1.82) is 0 Å². The zero-order chi connectivity index (χ0) is 20.7. The summed E-state index contributed by atoms with van der Waals surface area (Å²) >= 11 is 2.78. The lowest BCUT2D eigenvalue weighted by Crippen LogP contribution is -2.17. The zero-order valence-corrected chi connectivity index (χ0v) is 18.1.